The number of hydrogen-bond donors (Lipinski definition) is 1. The third kappa shape index (κ3) is 10.5. The normalized spacial score (nSPS) is 11.0. The minimum absolute atomic E-state index is 0. The Kier molecular flexibility index (Phi) is 14.6. The topological polar surface area (TPSA) is 46.1 Å². The van der Waals surface area contributed by atoms with Crippen molar-refractivity contribution in [2.24, 2.45) is 4.99 Å². The summed E-state index contributed by atoms with van der Waals surface area (Å²) in [7, 11) is 3.77. The smallest absolute Gasteiger partial charge is 0.193 e. The van der Waals surface area contributed by atoms with Gasteiger partial charge < -0.3 is 19.7 Å². The van der Waals surface area contributed by atoms with Crippen LogP contribution in [0.3, 0.4) is 0 Å². The van der Waals surface area contributed by atoms with Gasteiger partial charge in [-0.25, -0.2) is 0 Å². The molecule has 0 radical (unpaired) electrons. The standard InChI is InChI=1S/C19H33N3O2.HI/c1-5-7-14-22(3)19(20-6-2)21-13-8-15-24-16-17-9-11-18(23-4)12-10-17;/h9-12H,5-8,13-16H2,1-4H3,(H,20,21);1H. The van der Waals surface area contributed by atoms with E-state index in [1.807, 2.05) is 24.3 Å². The Morgan fingerprint density at radius 1 is 1.16 bits per heavy atom. The fourth-order valence-corrected chi connectivity index (χ4v) is 2.23. The van der Waals surface area contributed by atoms with Crippen molar-refractivity contribution < 1.29 is 9.47 Å². The van der Waals surface area contributed by atoms with Crippen molar-refractivity contribution in [2.45, 2.75) is 39.7 Å². The van der Waals surface area contributed by atoms with Gasteiger partial charge in [0.25, 0.3) is 0 Å². The van der Waals surface area contributed by atoms with E-state index in [0.717, 1.165) is 43.3 Å². The van der Waals surface area contributed by atoms with Crippen LogP contribution in [0.4, 0.5) is 0 Å². The Bertz CT molecular complexity index is 466. The molecule has 144 valence electrons. The van der Waals surface area contributed by atoms with Crippen LogP contribution in [0.15, 0.2) is 29.3 Å². The highest BCUT2D eigenvalue weighted by molar-refractivity contribution is 14.0. The number of unbranched alkanes of at least 4 members (excludes halogenated alkanes) is 1. The number of nitrogens with one attached hydrogen (secondary N) is 1. The van der Waals surface area contributed by atoms with Gasteiger partial charge in [0.2, 0.25) is 0 Å². The lowest BCUT2D eigenvalue weighted by Crippen LogP contribution is -2.39. The summed E-state index contributed by atoms with van der Waals surface area (Å²) < 4.78 is 10.9. The Morgan fingerprint density at radius 2 is 1.88 bits per heavy atom. The highest BCUT2D eigenvalue weighted by Crippen LogP contribution is 2.11. The van der Waals surface area contributed by atoms with Gasteiger partial charge in [0, 0.05) is 33.3 Å². The van der Waals surface area contributed by atoms with Crippen molar-refractivity contribution in [1.82, 2.24) is 10.2 Å². The number of aliphatic imine (C=N–C) groups is 1. The molecule has 0 spiro atoms. The van der Waals surface area contributed by atoms with Crippen LogP contribution < -0.4 is 10.1 Å². The first-order valence-electron chi connectivity index (χ1n) is 8.91. The fourth-order valence-electron chi connectivity index (χ4n) is 2.23. The fraction of sp³-hybridized carbons (Fsp3) is 0.632. The van der Waals surface area contributed by atoms with Crippen molar-refractivity contribution in [3.63, 3.8) is 0 Å². The summed E-state index contributed by atoms with van der Waals surface area (Å²) in [5, 5.41) is 3.34. The molecule has 0 aliphatic carbocycles. The predicted octanol–water partition coefficient (Wildman–Crippen LogP) is 3.92. The van der Waals surface area contributed by atoms with Gasteiger partial charge >= 0.3 is 0 Å². The Morgan fingerprint density at radius 3 is 2.48 bits per heavy atom. The van der Waals surface area contributed by atoms with Crippen molar-refractivity contribution >= 4 is 29.9 Å². The van der Waals surface area contributed by atoms with Crippen molar-refractivity contribution in [3.05, 3.63) is 29.8 Å². The zero-order valence-corrected chi connectivity index (χ0v) is 18.4. The molecule has 1 N–H and O–H groups in total. The molecule has 0 aromatic heterocycles. The summed E-state index contributed by atoms with van der Waals surface area (Å²) in [6.45, 7) is 8.36. The third-order valence-corrected chi connectivity index (χ3v) is 3.68. The zero-order chi connectivity index (χ0) is 17.6. The van der Waals surface area contributed by atoms with Gasteiger partial charge in [0.1, 0.15) is 5.75 Å². The second kappa shape index (κ2) is 15.3. The molecule has 0 heterocycles. The molecule has 1 aromatic carbocycles. The summed E-state index contributed by atoms with van der Waals surface area (Å²) >= 11 is 0. The van der Waals surface area contributed by atoms with Crippen LogP contribution >= 0.6 is 24.0 Å². The molecule has 5 nitrogen and oxygen atoms in total. The largest absolute Gasteiger partial charge is 0.497 e. The van der Waals surface area contributed by atoms with Gasteiger partial charge in [0.15, 0.2) is 5.96 Å². The average molecular weight is 463 g/mol. The molecule has 0 fully saturated rings. The average Bonchev–Trinajstić information content (AvgIpc) is 2.62. The molecule has 1 rings (SSSR count). The lowest BCUT2D eigenvalue weighted by Gasteiger charge is -2.21. The Balaban J connectivity index is 0.00000576. The molecule has 0 unspecified atom stereocenters. The van der Waals surface area contributed by atoms with Crippen LogP contribution in [0, 0.1) is 0 Å². The van der Waals surface area contributed by atoms with E-state index in [4.69, 9.17) is 9.47 Å². The maximum atomic E-state index is 5.72. The van der Waals surface area contributed by atoms with Gasteiger partial charge in [0.05, 0.1) is 13.7 Å². The van der Waals surface area contributed by atoms with E-state index in [1.165, 1.54) is 12.8 Å². The highest BCUT2D eigenvalue weighted by Gasteiger charge is 2.04. The van der Waals surface area contributed by atoms with Crippen molar-refractivity contribution in [3.8, 4) is 5.75 Å². The van der Waals surface area contributed by atoms with Crippen LogP contribution in [0.25, 0.3) is 0 Å². The minimum Gasteiger partial charge on any atom is -0.497 e. The van der Waals surface area contributed by atoms with Gasteiger partial charge in [-0.1, -0.05) is 25.5 Å². The van der Waals surface area contributed by atoms with E-state index in [9.17, 15) is 0 Å². The van der Waals surface area contributed by atoms with E-state index in [-0.39, 0.29) is 24.0 Å². The third-order valence-electron chi connectivity index (χ3n) is 3.68. The van der Waals surface area contributed by atoms with Gasteiger partial charge in [-0.2, -0.15) is 0 Å². The number of halogens is 1. The monoisotopic (exact) mass is 463 g/mol. The number of guanidine groups is 1. The number of rotatable bonds is 11. The predicted molar refractivity (Wildman–Crippen MR) is 116 cm³/mol. The Hall–Kier alpha value is -1.02. The van der Waals surface area contributed by atoms with Crippen LogP contribution in [0.2, 0.25) is 0 Å². The first-order chi connectivity index (χ1) is 11.7. The summed E-state index contributed by atoms with van der Waals surface area (Å²) in [5.74, 6) is 1.86. The molecule has 1 aromatic rings. The SMILES string of the molecule is CCCCN(C)C(=NCCCOCc1ccc(OC)cc1)NCC.I. The van der Waals surface area contributed by atoms with E-state index >= 15 is 0 Å². The number of methoxy groups -OCH3 is 1. The highest BCUT2D eigenvalue weighted by atomic mass is 127. The number of hydrogen-bond acceptors (Lipinski definition) is 3. The van der Waals surface area contributed by atoms with Crippen LogP contribution in [0.1, 0.15) is 38.7 Å². The summed E-state index contributed by atoms with van der Waals surface area (Å²) in [6, 6.07) is 7.97. The number of ether oxygens (including phenoxy) is 2. The van der Waals surface area contributed by atoms with Crippen LogP contribution in [-0.4, -0.2) is 51.3 Å². The van der Waals surface area contributed by atoms with Gasteiger partial charge in [-0.3, -0.25) is 4.99 Å². The van der Waals surface area contributed by atoms with Crippen LogP contribution in [0.5, 0.6) is 5.75 Å². The van der Waals surface area contributed by atoms with Crippen molar-refractivity contribution in [1.29, 1.82) is 0 Å². The lowest BCUT2D eigenvalue weighted by molar-refractivity contribution is 0.120. The molecule has 25 heavy (non-hydrogen) atoms. The van der Waals surface area contributed by atoms with Crippen LogP contribution in [-0.2, 0) is 11.3 Å². The lowest BCUT2D eigenvalue weighted by atomic mass is 10.2. The minimum atomic E-state index is 0. The summed E-state index contributed by atoms with van der Waals surface area (Å²) in [4.78, 5) is 6.87. The molecule has 6 heteroatoms. The Labute approximate surface area is 170 Å². The molecule has 0 atom stereocenters. The van der Waals surface area contributed by atoms with E-state index in [2.05, 4.69) is 36.1 Å². The van der Waals surface area contributed by atoms with Crippen molar-refractivity contribution in [2.75, 3.05) is 40.4 Å². The molecular weight excluding hydrogens is 429 g/mol. The summed E-state index contributed by atoms with van der Waals surface area (Å²) in [6.07, 6.45) is 3.31. The zero-order valence-electron chi connectivity index (χ0n) is 16.1. The van der Waals surface area contributed by atoms with E-state index < -0.39 is 0 Å². The molecule has 0 amide bonds. The molecular formula is C19H34IN3O2. The quantitative estimate of drug-likeness (QED) is 0.234. The van der Waals surface area contributed by atoms with Gasteiger partial charge in [-0.05, 0) is 37.5 Å². The molecule has 0 aliphatic rings. The second-order valence-corrected chi connectivity index (χ2v) is 5.76. The summed E-state index contributed by atoms with van der Waals surface area (Å²) in [5.41, 5.74) is 1.16. The van der Waals surface area contributed by atoms with Gasteiger partial charge in [-0.15, -0.1) is 24.0 Å². The maximum absolute atomic E-state index is 5.72. The first kappa shape index (κ1) is 24.0. The first-order valence-corrected chi connectivity index (χ1v) is 8.91. The maximum Gasteiger partial charge on any atom is 0.193 e. The number of nitrogens with zero attached hydrogens (tertiary/aromatic N) is 2. The molecule has 0 saturated heterocycles. The molecule has 0 bridgehead atoms. The number of benzene rings is 1. The molecule has 0 aliphatic heterocycles. The van der Waals surface area contributed by atoms with E-state index in [1.54, 1.807) is 7.11 Å². The second-order valence-electron chi connectivity index (χ2n) is 5.76. The van der Waals surface area contributed by atoms with E-state index in [0.29, 0.717) is 13.2 Å². The molecule has 0 saturated carbocycles.